The van der Waals surface area contributed by atoms with Crippen molar-refractivity contribution in [2.75, 3.05) is 18.7 Å². The van der Waals surface area contributed by atoms with Crippen LogP contribution in [0.4, 0.5) is 19.3 Å². The number of amides is 2. The number of carbonyl (C=O) groups excluding carboxylic acids is 2. The van der Waals surface area contributed by atoms with E-state index in [1.807, 2.05) is 0 Å². The Morgan fingerprint density at radius 2 is 1.86 bits per heavy atom. The normalized spacial score (nSPS) is 11.9. The maximum Gasteiger partial charge on any atom is 0.340 e. The molecule has 184 valence electrons. The lowest BCUT2D eigenvalue weighted by Gasteiger charge is -2.24. The molecule has 0 fully saturated rings. The molecule has 0 radical (unpaired) electrons. The average molecular weight is 485 g/mol. The molecule has 2 heterocycles. The van der Waals surface area contributed by atoms with Crippen molar-refractivity contribution in [3.8, 4) is 11.5 Å². The van der Waals surface area contributed by atoms with Gasteiger partial charge >= 0.3 is 12.0 Å². The van der Waals surface area contributed by atoms with Crippen molar-refractivity contribution in [3.63, 3.8) is 0 Å². The smallest absolute Gasteiger partial charge is 0.340 e. The number of hydrogen-bond donors (Lipinski definition) is 2. The number of halogens is 2. The molecule has 1 aromatic heterocycles. The molecule has 0 aliphatic carbocycles. The fourth-order valence-electron chi connectivity index (χ4n) is 3.92. The fourth-order valence-corrected chi connectivity index (χ4v) is 3.92. The third-order valence-corrected chi connectivity index (χ3v) is 5.64. The van der Waals surface area contributed by atoms with E-state index in [9.17, 15) is 18.4 Å². The van der Waals surface area contributed by atoms with Crippen LogP contribution >= 0.6 is 0 Å². The third-order valence-electron chi connectivity index (χ3n) is 5.64. The van der Waals surface area contributed by atoms with Crippen LogP contribution in [0.25, 0.3) is 0 Å². The Hall–Kier alpha value is -4.08. The Bertz CT molecular complexity index is 1270. The SMILES string of the molecule is CCOC(=O)c1c(C)[nH]c(CN(Cc2ccc3c(c2)OCO3)C(=O)Nc2cc(F)ccc2F)c1C. The van der Waals surface area contributed by atoms with E-state index in [2.05, 4.69) is 10.3 Å². The number of nitrogens with zero attached hydrogens (tertiary/aromatic N) is 1. The third kappa shape index (κ3) is 5.21. The lowest BCUT2D eigenvalue weighted by atomic mass is 10.1. The first-order chi connectivity index (χ1) is 16.8. The summed E-state index contributed by atoms with van der Waals surface area (Å²) < 4.78 is 43.7. The highest BCUT2D eigenvalue weighted by atomic mass is 19.1. The summed E-state index contributed by atoms with van der Waals surface area (Å²) in [5.74, 6) is -0.756. The lowest BCUT2D eigenvalue weighted by Crippen LogP contribution is -2.34. The molecule has 0 spiro atoms. The first-order valence-corrected chi connectivity index (χ1v) is 11.0. The number of rotatable bonds is 7. The van der Waals surface area contributed by atoms with Crippen molar-refractivity contribution >= 4 is 17.7 Å². The summed E-state index contributed by atoms with van der Waals surface area (Å²) in [5.41, 5.74) is 2.72. The Balaban J connectivity index is 1.63. The van der Waals surface area contributed by atoms with E-state index >= 15 is 0 Å². The van der Waals surface area contributed by atoms with Gasteiger partial charge in [-0.15, -0.1) is 0 Å². The minimum atomic E-state index is -0.765. The zero-order valence-electron chi connectivity index (χ0n) is 19.5. The highest BCUT2D eigenvalue weighted by Gasteiger charge is 2.24. The van der Waals surface area contributed by atoms with Gasteiger partial charge in [-0.25, -0.2) is 18.4 Å². The summed E-state index contributed by atoms with van der Waals surface area (Å²) >= 11 is 0. The van der Waals surface area contributed by atoms with Crippen LogP contribution in [-0.4, -0.2) is 35.3 Å². The number of aryl methyl sites for hydroxylation is 1. The summed E-state index contributed by atoms with van der Waals surface area (Å²) in [4.78, 5) is 30.2. The number of fused-ring (bicyclic) bond motifs is 1. The molecule has 1 aliphatic heterocycles. The van der Waals surface area contributed by atoms with Gasteiger partial charge in [-0.05, 0) is 56.2 Å². The number of nitrogens with one attached hydrogen (secondary N) is 2. The van der Waals surface area contributed by atoms with Gasteiger partial charge in [0.1, 0.15) is 11.6 Å². The molecule has 0 atom stereocenters. The van der Waals surface area contributed by atoms with E-state index in [1.54, 1.807) is 39.0 Å². The Labute approximate surface area is 200 Å². The van der Waals surface area contributed by atoms with E-state index in [1.165, 1.54) is 4.90 Å². The molecule has 0 bridgehead atoms. The molecule has 2 aromatic carbocycles. The van der Waals surface area contributed by atoms with Crippen LogP contribution in [0.2, 0.25) is 0 Å². The number of aromatic nitrogens is 1. The van der Waals surface area contributed by atoms with E-state index < -0.39 is 23.6 Å². The summed E-state index contributed by atoms with van der Waals surface area (Å²) in [5, 5.41) is 2.44. The maximum atomic E-state index is 14.2. The molecule has 10 heteroatoms. The average Bonchev–Trinajstić information content (AvgIpc) is 3.39. The predicted octanol–water partition coefficient (Wildman–Crippen LogP) is 5.05. The standard InChI is InChI=1S/C25H25F2N3O5/c1-4-33-24(31)23-14(2)20(28-15(23)3)12-30(11-16-5-8-21-22(9-16)35-13-34-21)25(32)29-19-10-17(26)6-7-18(19)27/h5-10,28H,4,11-13H2,1-3H3,(H,29,32). The fraction of sp³-hybridized carbons (Fsp3) is 0.280. The minimum Gasteiger partial charge on any atom is -0.462 e. The number of anilines is 1. The van der Waals surface area contributed by atoms with Crippen molar-refractivity contribution in [3.05, 3.63) is 76.1 Å². The molecule has 2 N–H and O–H groups in total. The number of hydrogen-bond acceptors (Lipinski definition) is 5. The summed E-state index contributed by atoms with van der Waals surface area (Å²) in [6.07, 6.45) is 0. The van der Waals surface area contributed by atoms with Gasteiger partial charge in [0.15, 0.2) is 11.5 Å². The van der Waals surface area contributed by atoms with Gasteiger partial charge in [0, 0.05) is 24.0 Å². The number of carbonyl (C=O) groups is 2. The quantitative estimate of drug-likeness (QED) is 0.457. The number of benzene rings is 2. The number of urea groups is 1. The first-order valence-electron chi connectivity index (χ1n) is 11.0. The second-order valence-corrected chi connectivity index (χ2v) is 8.05. The lowest BCUT2D eigenvalue weighted by molar-refractivity contribution is 0.0525. The molecule has 1 aliphatic rings. The monoisotopic (exact) mass is 485 g/mol. The van der Waals surface area contributed by atoms with Gasteiger partial charge < -0.3 is 29.4 Å². The molecule has 0 saturated carbocycles. The van der Waals surface area contributed by atoms with Crippen LogP contribution in [0.15, 0.2) is 36.4 Å². The van der Waals surface area contributed by atoms with Crippen LogP contribution in [0.3, 0.4) is 0 Å². The van der Waals surface area contributed by atoms with Crippen LogP contribution in [0.1, 0.15) is 39.8 Å². The highest BCUT2D eigenvalue weighted by Crippen LogP contribution is 2.33. The van der Waals surface area contributed by atoms with Crippen LogP contribution < -0.4 is 14.8 Å². The molecule has 4 rings (SSSR count). The van der Waals surface area contributed by atoms with Gasteiger partial charge in [-0.1, -0.05) is 6.07 Å². The zero-order chi connectivity index (χ0) is 25.1. The van der Waals surface area contributed by atoms with Gasteiger partial charge in [0.2, 0.25) is 6.79 Å². The molecule has 0 unspecified atom stereocenters. The molecule has 0 saturated heterocycles. The number of esters is 1. The summed E-state index contributed by atoms with van der Waals surface area (Å²) in [6.45, 7) is 5.74. The van der Waals surface area contributed by atoms with Crippen molar-refractivity contribution in [1.82, 2.24) is 9.88 Å². The number of ether oxygens (including phenoxy) is 3. The van der Waals surface area contributed by atoms with Gasteiger partial charge in [-0.3, -0.25) is 0 Å². The Kier molecular flexibility index (Phi) is 6.90. The summed E-state index contributed by atoms with van der Waals surface area (Å²) in [6, 6.07) is 7.44. The van der Waals surface area contributed by atoms with Gasteiger partial charge in [0.25, 0.3) is 0 Å². The molecule has 35 heavy (non-hydrogen) atoms. The molecular weight excluding hydrogens is 460 g/mol. The second kappa shape index (κ2) is 10.0. The zero-order valence-corrected chi connectivity index (χ0v) is 19.5. The van der Waals surface area contributed by atoms with E-state index in [4.69, 9.17) is 14.2 Å². The molecule has 8 nitrogen and oxygen atoms in total. The minimum absolute atomic E-state index is 0.0588. The highest BCUT2D eigenvalue weighted by molar-refractivity contribution is 5.93. The van der Waals surface area contributed by atoms with Crippen molar-refractivity contribution < 1.29 is 32.6 Å². The van der Waals surface area contributed by atoms with Crippen LogP contribution in [0.5, 0.6) is 11.5 Å². The Morgan fingerprint density at radius 1 is 1.09 bits per heavy atom. The second-order valence-electron chi connectivity index (χ2n) is 8.05. The largest absolute Gasteiger partial charge is 0.462 e. The van der Waals surface area contributed by atoms with Gasteiger partial charge in [0.05, 0.1) is 24.4 Å². The molecule has 3 aromatic rings. The number of aromatic amines is 1. The van der Waals surface area contributed by atoms with Crippen molar-refractivity contribution in [2.45, 2.75) is 33.9 Å². The van der Waals surface area contributed by atoms with Gasteiger partial charge in [-0.2, -0.15) is 0 Å². The van der Waals surface area contributed by atoms with E-state index in [-0.39, 0.29) is 32.2 Å². The summed E-state index contributed by atoms with van der Waals surface area (Å²) in [7, 11) is 0. The first kappa shape index (κ1) is 24.1. The predicted molar refractivity (Wildman–Crippen MR) is 123 cm³/mol. The van der Waals surface area contributed by atoms with E-state index in [0.29, 0.717) is 34.0 Å². The van der Waals surface area contributed by atoms with Crippen LogP contribution in [0, 0.1) is 25.5 Å². The molecular formula is C25H25F2N3O5. The molecule has 2 amide bonds. The van der Waals surface area contributed by atoms with Crippen molar-refractivity contribution in [1.29, 1.82) is 0 Å². The topological polar surface area (TPSA) is 92.9 Å². The van der Waals surface area contributed by atoms with Crippen LogP contribution in [-0.2, 0) is 17.8 Å². The maximum absolute atomic E-state index is 14.2. The number of H-pyrrole nitrogens is 1. The Morgan fingerprint density at radius 3 is 2.63 bits per heavy atom. The van der Waals surface area contributed by atoms with Crippen molar-refractivity contribution in [2.24, 2.45) is 0 Å². The van der Waals surface area contributed by atoms with E-state index in [0.717, 1.165) is 23.8 Å².